The molecule has 0 spiro atoms. The van der Waals surface area contributed by atoms with E-state index in [1.54, 1.807) is 0 Å². The van der Waals surface area contributed by atoms with Gasteiger partial charge in [-0.05, 0) is 44.1 Å². The molecule has 0 heterocycles. The van der Waals surface area contributed by atoms with E-state index < -0.39 is 0 Å². The molecule has 3 heteroatoms. The second-order valence-corrected chi connectivity index (χ2v) is 6.33. The molecule has 2 aliphatic rings. The van der Waals surface area contributed by atoms with Crippen LogP contribution in [0.25, 0.3) is 0 Å². The summed E-state index contributed by atoms with van der Waals surface area (Å²) in [4.78, 5) is 14.5. The molecule has 0 aromatic carbocycles. The zero-order valence-corrected chi connectivity index (χ0v) is 11.7. The van der Waals surface area contributed by atoms with Crippen LogP contribution in [0.15, 0.2) is 0 Å². The fraction of sp³-hybridized carbons (Fsp3) is 0.933. The van der Waals surface area contributed by atoms with Crippen molar-refractivity contribution in [2.75, 3.05) is 13.1 Å². The summed E-state index contributed by atoms with van der Waals surface area (Å²) < 4.78 is 0. The molecule has 3 nitrogen and oxygen atoms in total. The maximum Gasteiger partial charge on any atom is 0.223 e. The average Bonchev–Trinajstić information content (AvgIpc) is 3.21. The molecule has 0 radical (unpaired) electrons. The minimum atomic E-state index is 0.324. The lowest BCUT2D eigenvalue weighted by atomic mass is 9.88. The molecule has 2 aliphatic carbocycles. The van der Waals surface area contributed by atoms with E-state index >= 15 is 0 Å². The number of amides is 1. The SMILES string of the molecule is CC(CN)CC(=O)N(CC1CCCCC1)C1CC1. The topological polar surface area (TPSA) is 46.3 Å². The molecule has 2 fully saturated rings. The molecule has 0 aromatic rings. The number of rotatable bonds is 6. The molecular weight excluding hydrogens is 224 g/mol. The Hall–Kier alpha value is -0.570. The molecule has 0 bridgehead atoms. The number of hydrogen-bond donors (Lipinski definition) is 1. The van der Waals surface area contributed by atoms with Gasteiger partial charge in [0.2, 0.25) is 5.91 Å². The molecule has 1 atom stereocenters. The fourth-order valence-corrected chi connectivity index (χ4v) is 2.99. The first kappa shape index (κ1) is 13.9. The average molecular weight is 252 g/mol. The van der Waals surface area contributed by atoms with Crippen LogP contribution in [-0.2, 0) is 4.79 Å². The third-order valence-electron chi connectivity index (χ3n) is 4.41. The maximum absolute atomic E-state index is 12.3. The Kier molecular flexibility index (Phi) is 5.04. The van der Waals surface area contributed by atoms with Crippen LogP contribution in [0, 0.1) is 11.8 Å². The summed E-state index contributed by atoms with van der Waals surface area (Å²) in [7, 11) is 0. The third kappa shape index (κ3) is 3.98. The van der Waals surface area contributed by atoms with Crippen molar-refractivity contribution in [3.63, 3.8) is 0 Å². The highest BCUT2D eigenvalue weighted by molar-refractivity contribution is 5.77. The van der Waals surface area contributed by atoms with E-state index in [1.807, 2.05) is 0 Å². The standard InChI is InChI=1S/C15H28N2O/c1-12(10-16)9-15(18)17(14-7-8-14)11-13-5-3-2-4-6-13/h12-14H,2-11,16H2,1H3. The van der Waals surface area contributed by atoms with Crippen LogP contribution in [0.1, 0.15) is 58.3 Å². The highest BCUT2D eigenvalue weighted by atomic mass is 16.2. The Balaban J connectivity index is 1.84. The Morgan fingerprint density at radius 1 is 1.22 bits per heavy atom. The molecule has 2 N–H and O–H groups in total. The monoisotopic (exact) mass is 252 g/mol. The van der Waals surface area contributed by atoms with Crippen LogP contribution >= 0.6 is 0 Å². The van der Waals surface area contributed by atoms with Crippen LogP contribution in [0.5, 0.6) is 0 Å². The lowest BCUT2D eigenvalue weighted by Crippen LogP contribution is -2.39. The summed E-state index contributed by atoms with van der Waals surface area (Å²) in [6, 6.07) is 0.560. The van der Waals surface area contributed by atoms with Crippen molar-refractivity contribution in [3.8, 4) is 0 Å². The van der Waals surface area contributed by atoms with E-state index in [4.69, 9.17) is 5.73 Å². The molecule has 104 valence electrons. The Labute approximate surface area is 111 Å². The first-order valence-electron chi connectivity index (χ1n) is 7.70. The highest BCUT2D eigenvalue weighted by Gasteiger charge is 2.34. The maximum atomic E-state index is 12.3. The minimum Gasteiger partial charge on any atom is -0.339 e. The number of nitrogens with zero attached hydrogens (tertiary/aromatic N) is 1. The van der Waals surface area contributed by atoms with Gasteiger partial charge >= 0.3 is 0 Å². The van der Waals surface area contributed by atoms with Gasteiger partial charge in [-0.15, -0.1) is 0 Å². The van der Waals surface area contributed by atoms with Crippen LogP contribution in [0.4, 0.5) is 0 Å². The van der Waals surface area contributed by atoms with Gasteiger partial charge < -0.3 is 10.6 Å². The molecule has 0 saturated heterocycles. The smallest absolute Gasteiger partial charge is 0.223 e. The first-order chi connectivity index (χ1) is 8.70. The van der Waals surface area contributed by atoms with Gasteiger partial charge in [0.15, 0.2) is 0 Å². The van der Waals surface area contributed by atoms with Crippen molar-refractivity contribution in [1.29, 1.82) is 0 Å². The van der Waals surface area contributed by atoms with Crippen LogP contribution < -0.4 is 5.73 Å². The van der Waals surface area contributed by atoms with Gasteiger partial charge in [0.1, 0.15) is 0 Å². The Morgan fingerprint density at radius 3 is 2.44 bits per heavy atom. The highest BCUT2D eigenvalue weighted by Crippen LogP contribution is 2.32. The minimum absolute atomic E-state index is 0.324. The lowest BCUT2D eigenvalue weighted by molar-refractivity contribution is -0.133. The van der Waals surface area contributed by atoms with Gasteiger partial charge in [-0.25, -0.2) is 0 Å². The number of carbonyl (C=O) groups is 1. The van der Waals surface area contributed by atoms with Crippen molar-refractivity contribution in [2.24, 2.45) is 17.6 Å². The lowest BCUT2D eigenvalue weighted by Gasteiger charge is -2.30. The zero-order valence-electron chi connectivity index (χ0n) is 11.7. The molecular formula is C15H28N2O. The van der Waals surface area contributed by atoms with Crippen molar-refractivity contribution < 1.29 is 4.79 Å². The first-order valence-corrected chi connectivity index (χ1v) is 7.70. The molecule has 0 aromatic heterocycles. The van der Waals surface area contributed by atoms with E-state index in [0.717, 1.165) is 12.5 Å². The second kappa shape index (κ2) is 6.55. The van der Waals surface area contributed by atoms with Crippen molar-refractivity contribution >= 4 is 5.91 Å². The molecule has 1 unspecified atom stereocenters. The van der Waals surface area contributed by atoms with Crippen LogP contribution in [0.2, 0.25) is 0 Å². The van der Waals surface area contributed by atoms with E-state index in [-0.39, 0.29) is 0 Å². The van der Waals surface area contributed by atoms with Gasteiger partial charge in [0.25, 0.3) is 0 Å². The Morgan fingerprint density at radius 2 is 1.89 bits per heavy atom. The summed E-state index contributed by atoms with van der Waals surface area (Å²) >= 11 is 0. The Bertz CT molecular complexity index is 270. The summed E-state index contributed by atoms with van der Waals surface area (Å²) in [6.45, 7) is 3.71. The predicted octanol–water partition coefficient (Wildman–Crippen LogP) is 2.54. The summed E-state index contributed by atoms with van der Waals surface area (Å²) in [6.07, 6.45) is 9.82. The number of hydrogen-bond acceptors (Lipinski definition) is 2. The van der Waals surface area contributed by atoms with Crippen LogP contribution in [0.3, 0.4) is 0 Å². The summed E-state index contributed by atoms with van der Waals surface area (Å²) in [5.74, 6) is 1.43. The van der Waals surface area contributed by atoms with E-state index in [9.17, 15) is 4.79 Å². The summed E-state index contributed by atoms with van der Waals surface area (Å²) in [5, 5.41) is 0. The van der Waals surface area contributed by atoms with Gasteiger partial charge in [0, 0.05) is 19.0 Å². The molecule has 0 aliphatic heterocycles. The zero-order chi connectivity index (χ0) is 13.0. The molecule has 18 heavy (non-hydrogen) atoms. The normalized spacial score (nSPS) is 22.8. The van der Waals surface area contributed by atoms with E-state index in [0.29, 0.717) is 30.8 Å². The van der Waals surface area contributed by atoms with E-state index in [2.05, 4.69) is 11.8 Å². The number of nitrogens with two attached hydrogens (primary N) is 1. The van der Waals surface area contributed by atoms with Crippen molar-refractivity contribution in [3.05, 3.63) is 0 Å². The largest absolute Gasteiger partial charge is 0.339 e. The van der Waals surface area contributed by atoms with Crippen molar-refractivity contribution in [1.82, 2.24) is 4.90 Å². The van der Waals surface area contributed by atoms with Gasteiger partial charge in [-0.2, -0.15) is 0 Å². The quantitative estimate of drug-likeness (QED) is 0.789. The van der Waals surface area contributed by atoms with Crippen LogP contribution in [-0.4, -0.2) is 29.9 Å². The van der Waals surface area contributed by atoms with E-state index in [1.165, 1.54) is 44.9 Å². The molecule has 1 amide bonds. The number of carbonyl (C=O) groups excluding carboxylic acids is 1. The molecule has 2 saturated carbocycles. The fourth-order valence-electron chi connectivity index (χ4n) is 2.99. The van der Waals surface area contributed by atoms with Gasteiger partial charge in [-0.1, -0.05) is 26.2 Å². The summed E-state index contributed by atoms with van der Waals surface area (Å²) in [5.41, 5.74) is 5.63. The van der Waals surface area contributed by atoms with Crippen molar-refractivity contribution in [2.45, 2.75) is 64.3 Å². The predicted molar refractivity (Wildman–Crippen MR) is 74.1 cm³/mol. The van der Waals surface area contributed by atoms with Gasteiger partial charge in [0.05, 0.1) is 0 Å². The third-order valence-corrected chi connectivity index (χ3v) is 4.41. The second-order valence-electron chi connectivity index (χ2n) is 6.33. The van der Waals surface area contributed by atoms with Gasteiger partial charge in [-0.3, -0.25) is 4.79 Å². The molecule has 2 rings (SSSR count).